The fourth-order valence-corrected chi connectivity index (χ4v) is 3.95. The highest BCUT2D eigenvalue weighted by Gasteiger charge is 2.34. The summed E-state index contributed by atoms with van der Waals surface area (Å²) in [5.74, 6) is -0.162. The lowest BCUT2D eigenvalue weighted by Crippen LogP contribution is -2.31. The standard InChI is InChI=1S/C23H20N4O4S/c1-2-31-16-10-7-15(8-11-16)9-12-19(28)24-23-26-25-20(32-23)13-14-27-21(29)17-5-3-4-6-18(17)22(27)30/h3-12H,2,13-14H2,1H3,(H,24,26,28)/b12-9+. The van der Waals surface area contributed by atoms with E-state index in [4.69, 9.17) is 4.74 Å². The van der Waals surface area contributed by atoms with Crippen molar-refractivity contribution in [2.45, 2.75) is 13.3 Å². The van der Waals surface area contributed by atoms with Crippen LogP contribution >= 0.6 is 11.3 Å². The van der Waals surface area contributed by atoms with Gasteiger partial charge in [0.1, 0.15) is 10.8 Å². The molecule has 1 aliphatic heterocycles. The number of anilines is 1. The molecular formula is C23H20N4O4S. The Labute approximate surface area is 188 Å². The summed E-state index contributed by atoms with van der Waals surface area (Å²) in [6, 6.07) is 14.2. The lowest BCUT2D eigenvalue weighted by atomic mass is 10.1. The summed E-state index contributed by atoms with van der Waals surface area (Å²) < 4.78 is 5.39. The number of hydrogen-bond acceptors (Lipinski definition) is 7. The van der Waals surface area contributed by atoms with Crippen LogP contribution in [0.25, 0.3) is 6.08 Å². The largest absolute Gasteiger partial charge is 0.494 e. The van der Waals surface area contributed by atoms with Crippen LogP contribution in [0.3, 0.4) is 0 Å². The minimum atomic E-state index is -0.332. The van der Waals surface area contributed by atoms with Gasteiger partial charge in [-0.25, -0.2) is 0 Å². The van der Waals surface area contributed by atoms with Gasteiger partial charge in [-0.05, 0) is 42.8 Å². The highest BCUT2D eigenvalue weighted by Crippen LogP contribution is 2.23. The average Bonchev–Trinajstić information content (AvgIpc) is 3.34. The van der Waals surface area contributed by atoms with Crippen LogP contribution in [-0.2, 0) is 11.2 Å². The van der Waals surface area contributed by atoms with Crippen molar-refractivity contribution < 1.29 is 19.1 Å². The molecule has 32 heavy (non-hydrogen) atoms. The predicted octanol–water partition coefficient (Wildman–Crippen LogP) is 3.43. The maximum Gasteiger partial charge on any atom is 0.261 e. The number of hydrogen-bond donors (Lipinski definition) is 1. The number of benzene rings is 2. The second kappa shape index (κ2) is 9.52. The molecule has 3 aromatic rings. The summed E-state index contributed by atoms with van der Waals surface area (Å²) in [5.41, 5.74) is 1.70. The minimum absolute atomic E-state index is 0.201. The number of amides is 3. The number of fused-ring (bicyclic) bond motifs is 1. The van der Waals surface area contributed by atoms with E-state index >= 15 is 0 Å². The predicted molar refractivity (Wildman–Crippen MR) is 121 cm³/mol. The van der Waals surface area contributed by atoms with Gasteiger partial charge < -0.3 is 4.74 Å². The van der Waals surface area contributed by atoms with E-state index in [1.807, 2.05) is 31.2 Å². The van der Waals surface area contributed by atoms with Crippen molar-refractivity contribution in [3.63, 3.8) is 0 Å². The summed E-state index contributed by atoms with van der Waals surface area (Å²) >= 11 is 1.21. The molecule has 9 heteroatoms. The first kappa shape index (κ1) is 21.4. The van der Waals surface area contributed by atoms with Crippen LogP contribution in [0, 0.1) is 0 Å². The lowest BCUT2D eigenvalue weighted by Gasteiger charge is -2.11. The molecule has 0 saturated carbocycles. The van der Waals surface area contributed by atoms with E-state index in [1.165, 1.54) is 22.3 Å². The fourth-order valence-electron chi connectivity index (χ4n) is 3.22. The quantitative estimate of drug-likeness (QED) is 0.419. The molecule has 4 rings (SSSR count). The van der Waals surface area contributed by atoms with Crippen LogP contribution in [0.15, 0.2) is 54.6 Å². The third-order valence-electron chi connectivity index (χ3n) is 4.74. The minimum Gasteiger partial charge on any atom is -0.494 e. The molecule has 0 spiro atoms. The van der Waals surface area contributed by atoms with E-state index in [2.05, 4.69) is 15.5 Å². The summed E-state index contributed by atoms with van der Waals surface area (Å²) in [6.07, 6.45) is 3.46. The van der Waals surface area contributed by atoms with Gasteiger partial charge in [-0.1, -0.05) is 35.6 Å². The molecule has 0 bridgehead atoms. The molecule has 0 unspecified atom stereocenters. The number of carbonyl (C=O) groups excluding carboxylic acids is 3. The summed E-state index contributed by atoms with van der Waals surface area (Å²) in [7, 11) is 0. The van der Waals surface area contributed by atoms with Gasteiger partial charge in [-0.15, -0.1) is 10.2 Å². The second-order valence-electron chi connectivity index (χ2n) is 6.88. The first-order chi connectivity index (χ1) is 15.5. The van der Waals surface area contributed by atoms with Crippen LogP contribution < -0.4 is 10.1 Å². The van der Waals surface area contributed by atoms with Gasteiger partial charge in [-0.3, -0.25) is 24.6 Å². The molecule has 3 amide bonds. The molecular weight excluding hydrogens is 428 g/mol. The molecule has 1 aliphatic rings. The molecule has 0 fully saturated rings. The topological polar surface area (TPSA) is 101 Å². The highest BCUT2D eigenvalue weighted by atomic mass is 32.1. The number of imide groups is 1. The molecule has 8 nitrogen and oxygen atoms in total. The number of rotatable bonds is 8. The number of aromatic nitrogens is 2. The Balaban J connectivity index is 1.30. The van der Waals surface area contributed by atoms with Crippen molar-refractivity contribution in [3.05, 3.63) is 76.3 Å². The Kier molecular flexibility index (Phi) is 6.37. The Bertz CT molecular complexity index is 1150. The van der Waals surface area contributed by atoms with Gasteiger partial charge in [-0.2, -0.15) is 0 Å². The van der Waals surface area contributed by atoms with Crippen molar-refractivity contribution in [3.8, 4) is 5.75 Å². The zero-order chi connectivity index (χ0) is 22.5. The molecule has 0 saturated heterocycles. The van der Waals surface area contributed by atoms with Gasteiger partial charge in [0.2, 0.25) is 11.0 Å². The van der Waals surface area contributed by atoms with E-state index in [9.17, 15) is 14.4 Å². The molecule has 0 atom stereocenters. The van der Waals surface area contributed by atoms with Gasteiger partial charge in [0.15, 0.2) is 0 Å². The second-order valence-corrected chi connectivity index (χ2v) is 7.95. The maximum absolute atomic E-state index is 12.4. The summed E-state index contributed by atoms with van der Waals surface area (Å²) in [5, 5.41) is 11.6. The SMILES string of the molecule is CCOc1ccc(/C=C/C(=O)Nc2nnc(CCN3C(=O)c4ccccc4C3=O)s2)cc1. The third kappa shape index (κ3) is 4.73. The first-order valence-corrected chi connectivity index (χ1v) is 10.9. The first-order valence-electron chi connectivity index (χ1n) is 10.0. The van der Waals surface area contributed by atoms with Crippen LogP contribution in [0.4, 0.5) is 5.13 Å². The highest BCUT2D eigenvalue weighted by molar-refractivity contribution is 7.15. The lowest BCUT2D eigenvalue weighted by molar-refractivity contribution is -0.111. The van der Waals surface area contributed by atoms with Gasteiger partial charge in [0.25, 0.3) is 11.8 Å². The van der Waals surface area contributed by atoms with E-state index < -0.39 is 0 Å². The van der Waals surface area contributed by atoms with Gasteiger partial charge in [0, 0.05) is 19.0 Å². The van der Waals surface area contributed by atoms with Crippen molar-refractivity contribution in [1.82, 2.24) is 15.1 Å². The van der Waals surface area contributed by atoms with Gasteiger partial charge in [0.05, 0.1) is 17.7 Å². The summed E-state index contributed by atoms with van der Waals surface area (Å²) in [4.78, 5) is 38.2. The zero-order valence-corrected chi connectivity index (χ0v) is 18.1. The molecule has 1 N–H and O–H groups in total. The molecule has 2 heterocycles. The molecule has 0 radical (unpaired) electrons. The van der Waals surface area contributed by atoms with Crippen LogP contribution in [0.2, 0.25) is 0 Å². The molecule has 0 aliphatic carbocycles. The monoisotopic (exact) mass is 448 g/mol. The van der Waals surface area contributed by atoms with E-state index in [0.717, 1.165) is 11.3 Å². The molecule has 2 aromatic carbocycles. The Morgan fingerprint density at radius 1 is 1.06 bits per heavy atom. The number of carbonyl (C=O) groups is 3. The number of nitrogens with one attached hydrogen (secondary N) is 1. The Hall–Kier alpha value is -3.85. The van der Waals surface area contributed by atoms with E-state index in [1.54, 1.807) is 30.3 Å². The van der Waals surface area contributed by atoms with Crippen molar-refractivity contribution in [2.75, 3.05) is 18.5 Å². The van der Waals surface area contributed by atoms with E-state index in [0.29, 0.717) is 34.3 Å². The Morgan fingerprint density at radius 2 is 1.75 bits per heavy atom. The van der Waals surface area contributed by atoms with Crippen molar-refractivity contribution in [1.29, 1.82) is 0 Å². The Morgan fingerprint density at radius 3 is 2.41 bits per heavy atom. The molecule has 162 valence electrons. The smallest absolute Gasteiger partial charge is 0.261 e. The summed E-state index contributed by atoms with van der Waals surface area (Å²) in [6.45, 7) is 2.72. The third-order valence-corrected chi connectivity index (χ3v) is 5.64. The van der Waals surface area contributed by atoms with Crippen molar-refractivity contribution in [2.24, 2.45) is 0 Å². The normalized spacial score (nSPS) is 13.0. The van der Waals surface area contributed by atoms with Crippen molar-refractivity contribution >= 4 is 40.3 Å². The van der Waals surface area contributed by atoms with E-state index in [-0.39, 0.29) is 24.3 Å². The average molecular weight is 449 g/mol. The maximum atomic E-state index is 12.4. The van der Waals surface area contributed by atoms with Crippen LogP contribution in [0.1, 0.15) is 38.2 Å². The number of ether oxygens (including phenoxy) is 1. The van der Waals surface area contributed by atoms with Gasteiger partial charge >= 0.3 is 0 Å². The number of nitrogens with zero attached hydrogens (tertiary/aromatic N) is 3. The fraction of sp³-hybridized carbons (Fsp3) is 0.174. The molecule has 1 aromatic heterocycles. The van der Waals surface area contributed by atoms with Crippen LogP contribution in [0.5, 0.6) is 5.75 Å². The van der Waals surface area contributed by atoms with Crippen LogP contribution in [-0.4, -0.2) is 46.0 Å². The zero-order valence-electron chi connectivity index (χ0n) is 17.3.